The third-order valence-electron chi connectivity index (χ3n) is 15.1. The molecule has 3 aliphatic carbocycles. The molecule has 0 amide bonds. The van der Waals surface area contributed by atoms with Gasteiger partial charge < -0.3 is 0 Å². The largest absolute Gasteiger partial charge is 0.278 e. The van der Waals surface area contributed by atoms with Gasteiger partial charge in [-0.3, -0.25) is 4.57 Å². The smallest absolute Gasteiger partial charge is 0.235 e. The summed E-state index contributed by atoms with van der Waals surface area (Å²) in [7, 11) is 0. The zero-order valence-electron chi connectivity index (χ0n) is 35.2. The number of hydrogen-bond acceptors (Lipinski definition) is 2. The molecule has 65 heavy (non-hydrogen) atoms. The van der Waals surface area contributed by atoms with Crippen LogP contribution in [0, 0.1) is 0 Å². The van der Waals surface area contributed by atoms with Gasteiger partial charge in [-0.25, -0.2) is 9.97 Å². The Morgan fingerprint density at radius 2 is 0.785 bits per heavy atom. The number of hydrogen-bond donors (Lipinski definition) is 0. The van der Waals surface area contributed by atoms with E-state index in [0.29, 0.717) is 5.95 Å². The lowest BCUT2D eigenvalue weighted by atomic mass is 9.52. The maximum Gasteiger partial charge on any atom is 0.235 e. The minimum absolute atomic E-state index is 0.586. The minimum atomic E-state index is -0.618. The molecule has 3 aliphatic rings. The Kier molecular flexibility index (Phi) is 6.82. The molecular weight excluding hydrogens is 787 g/mol. The minimum Gasteiger partial charge on any atom is -0.278 e. The first-order valence-corrected chi connectivity index (χ1v) is 22.6. The van der Waals surface area contributed by atoms with Gasteiger partial charge in [0.05, 0.1) is 33.1 Å². The standard InChI is InChI=1S/C62H37N3/c1-2-18-39-35-40(34-33-38(39)17-1)59-46-24-7-15-31-56(46)63-60(64-59)65-57-32-16-8-23-45(57)47-36-54-55(37-58(47)65)62(50-27-11-5-21-43(50)44-22-6-12-28-51(44)62)53-30-14-13-29-52(53)61(54)48-25-9-3-19-41(48)42-20-4-10-26-49(42)61/h1-37H. The van der Waals surface area contributed by atoms with Crippen LogP contribution in [0.1, 0.15) is 44.5 Å². The summed E-state index contributed by atoms with van der Waals surface area (Å²) < 4.78 is 2.34. The predicted octanol–water partition coefficient (Wildman–Crippen LogP) is 14.6. The predicted molar refractivity (Wildman–Crippen MR) is 265 cm³/mol. The van der Waals surface area contributed by atoms with Gasteiger partial charge in [0.2, 0.25) is 5.95 Å². The molecule has 0 saturated carbocycles. The Morgan fingerprint density at radius 3 is 1.40 bits per heavy atom. The maximum atomic E-state index is 5.61. The highest BCUT2D eigenvalue weighted by Crippen LogP contribution is 2.68. The van der Waals surface area contributed by atoms with Gasteiger partial charge >= 0.3 is 0 Å². The van der Waals surface area contributed by atoms with E-state index in [4.69, 9.17) is 9.97 Å². The van der Waals surface area contributed by atoms with Gasteiger partial charge in [-0.05, 0) is 108 Å². The number of nitrogens with zero attached hydrogens (tertiary/aromatic N) is 3. The fraction of sp³-hybridized carbons (Fsp3) is 0.0323. The normalized spacial score (nSPS) is 14.4. The van der Waals surface area contributed by atoms with Gasteiger partial charge in [0, 0.05) is 21.7 Å². The molecule has 2 aromatic heterocycles. The second-order valence-electron chi connectivity index (χ2n) is 17.9. The molecule has 0 radical (unpaired) electrons. The monoisotopic (exact) mass is 823 g/mol. The summed E-state index contributed by atoms with van der Waals surface area (Å²) in [5.74, 6) is 0.654. The van der Waals surface area contributed by atoms with Gasteiger partial charge in [-0.1, -0.05) is 194 Å². The number of para-hydroxylation sites is 2. The third-order valence-corrected chi connectivity index (χ3v) is 15.1. The molecule has 15 rings (SSSR count). The zero-order valence-corrected chi connectivity index (χ0v) is 35.2. The van der Waals surface area contributed by atoms with Crippen molar-refractivity contribution in [1.82, 2.24) is 14.5 Å². The van der Waals surface area contributed by atoms with E-state index in [1.807, 2.05) is 0 Å². The molecule has 0 fully saturated rings. The molecule has 0 N–H and O–H groups in total. The van der Waals surface area contributed by atoms with Crippen LogP contribution >= 0.6 is 0 Å². The van der Waals surface area contributed by atoms with Crippen LogP contribution in [0.3, 0.4) is 0 Å². The average Bonchev–Trinajstić information content (AvgIpc) is 3.97. The van der Waals surface area contributed by atoms with Gasteiger partial charge in [-0.15, -0.1) is 0 Å². The fourth-order valence-electron chi connectivity index (χ4n) is 12.6. The van der Waals surface area contributed by atoms with E-state index in [-0.39, 0.29) is 0 Å². The molecule has 0 bridgehead atoms. The number of benzene rings is 10. The van der Waals surface area contributed by atoms with Gasteiger partial charge in [0.25, 0.3) is 0 Å². The van der Waals surface area contributed by atoms with E-state index in [9.17, 15) is 0 Å². The summed E-state index contributed by atoms with van der Waals surface area (Å²) in [6.07, 6.45) is 0. The van der Waals surface area contributed by atoms with E-state index in [0.717, 1.165) is 33.2 Å². The molecule has 12 aromatic rings. The number of fused-ring (bicyclic) bond motifs is 21. The maximum absolute atomic E-state index is 5.61. The highest BCUT2D eigenvalue weighted by atomic mass is 15.2. The molecule has 0 unspecified atom stereocenters. The Labute approximate surface area is 375 Å². The van der Waals surface area contributed by atoms with Crippen molar-refractivity contribution in [3.63, 3.8) is 0 Å². The van der Waals surface area contributed by atoms with Crippen molar-refractivity contribution in [2.45, 2.75) is 10.8 Å². The van der Waals surface area contributed by atoms with Crippen LogP contribution in [-0.4, -0.2) is 14.5 Å². The van der Waals surface area contributed by atoms with Crippen LogP contribution in [0.15, 0.2) is 224 Å². The second-order valence-corrected chi connectivity index (χ2v) is 17.9. The lowest BCUT2D eigenvalue weighted by Gasteiger charge is -2.49. The molecule has 3 nitrogen and oxygen atoms in total. The van der Waals surface area contributed by atoms with Crippen molar-refractivity contribution >= 4 is 43.5 Å². The summed E-state index contributed by atoms with van der Waals surface area (Å²) >= 11 is 0. The van der Waals surface area contributed by atoms with Crippen molar-refractivity contribution in [3.8, 4) is 39.5 Å². The quantitative estimate of drug-likeness (QED) is 0.174. The fourth-order valence-corrected chi connectivity index (χ4v) is 12.6. The molecule has 300 valence electrons. The van der Waals surface area contributed by atoms with Crippen molar-refractivity contribution in [2.24, 2.45) is 0 Å². The third kappa shape index (κ3) is 4.31. The highest BCUT2D eigenvalue weighted by Gasteiger charge is 2.59. The van der Waals surface area contributed by atoms with E-state index in [1.165, 1.54) is 88.3 Å². The Morgan fingerprint density at radius 1 is 0.308 bits per heavy atom. The molecule has 2 heterocycles. The summed E-state index contributed by atoms with van der Waals surface area (Å²) in [6, 6.07) is 83.5. The van der Waals surface area contributed by atoms with E-state index < -0.39 is 10.8 Å². The topological polar surface area (TPSA) is 30.7 Å². The summed E-state index contributed by atoms with van der Waals surface area (Å²) in [6.45, 7) is 0. The van der Waals surface area contributed by atoms with Crippen molar-refractivity contribution < 1.29 is 0 Å². The van der Waals surface area contributed by atoms with Crippen molar-refractivity contribution in [1.29, 1.82) is 0 Å². The highest BCUT2D eigenvalue weighted by molar-refractivity contribution is 6.11. The molecule has 0 atom stereocenters. The van der Waals surface area contributed by atoms with E-state index in [2.05, 4.69) is 229 Å². The zero-order chi connectivity index (χ0) is 42.4. The van der Waals surface area contributed by atoms with Gasteiger partial charge in [-0.2, -0.15) is 0 Å². The van der Waals surface area contributed by atoms with E-state index in [1.54, 1.807) is 0 Å². The first-order chi connectivity index (χ1) is 32.2. The van der Waals surface area contributed by atoms with Gasteiger partial charge in [0.15, 0.2) is 0 Å². The van der Waals surface area contributed by atoms with Crippen molar-refractivity contribution in [2.75, 3.05) is 0 Å². The lowest BCUT2D eigenvalue weighted by Crippen LogP contribution is -2.43. The van der Waals surface area contributed by atoms with Crippen LogP contribution in [0.25, 0.3) is 82.9 Å². The summed E-state index contributed by atoms with van der Waals surface area (Å²) in [5.41, 5.74) is 19.5. The van der Waals surface area contributed by atoms with Crippen molar-refractivity contribution in [3.05, 3.63) is 269 Å². The Bertz CT molecular complexity index is 3950. The Balaban J connectivity index is 1.13. The SMILES string of the molecule is c1ccc2c(c1)-c1ccccc1C21c2ccccc2C2(c3ccccc3-c3ccccc32)c2cc3c(cc21)c1ccccc1n3-c1nc(-c2ccc3ccccc3c2)c2ccccc2n1. The number of aromatic nitrogens is 3. The molecule has 3 heteroatoms. The van der Waals surface area contributed by atoms with Crippen LogP contribution in [0.4, 0.5) is 0 Å². The first-order valence-electron chi connectivity index (χ1n) is 22.6. The second kappa shape index (κ2) is 12.6. The number of rotatable bonds is 2. The average molecular weight is 824 g/mol. The molecule has 10 aromatic carbocycles. The molecule has 0 saturated heterocycles. The van der Waals surface area contributed by atoms with Crippen LogP contribution < -0.4 is 0 Å². The van der Waals surface area contributed by atoms with Crippen LogP contribution in [-0.2, 0) is 10.8 Å². The molecule has 2 spiro atoms. The van der Waals surface area contributed by atoms with E-state index >= 15 is 0 Å². The Hall–Kier alpha value is -8.40. The first kappa shape index (κ1) is 35.1. The van der Waals surface area contributed by atoms with Crippen LogP contribution in [0.5, 0.6) is 0 Å². The summed E-state index contributed by atoms with van der Waals surface area (Å²) in [5, 5.41) is 5.77. The lowest BCUT2D eigenvalue weighted by molar-refractivity contribution is 0.634. The van der Waals surface area contributed by atoms with Crippen LogP contribution in [0.2, 0.25) is 0 Å². The summed E-state index contributed by atoms with van der Waals surface area (Å²) in [4.78, 5) is 11.1. The van der Waals surface area contributed by atoms with Gasteiger partial charge in [0.1, 0.15) is 0 Å². The molecule has 0 aliphatic heterocycles. The molecular formula is C62H37N3.